The first kappa shape index (κ1) is 16.5. The summed E-state index contributed by atoms with van der Waals surface area (Å²) in [5, 5.41) is 12.9. The first-order chi connectivity index (χ1) is 10.5. The zero-order valence-corrected chi connectivity index (χ0v) is 13.3. The van der Waals surface area contributed by atoms with Crippen molar-refractivity contribution in [3.8, 4) is 0 Å². The molecule has 1 heterocycles. The van der Waals surface area contributed by atoms with Gasteiger partial charge in [-0.25, -0.2) is 0 Å². The van der Waals surface area contributed by atoms with Crippen LogP contribution in [0.2, 0.25) is 0 Å². The van der Waals surface area contributed by atoms with Gasteiger partial charge in [0.15, 0.2) is 5.76 Å². The normalized spacial score (nSPS) is 12.8. The lowest BCUT2D eigenvalue weighted by molar-refractivity contribution is 0.0643. The second kappa shape index (κ2) is 7.42. The van der Waals surface area contributed by atoms with Gasteiger partial charge in [-0.05, 0) is 33.3 Å². The van der Waals surface area contributed by atoms with Crippen LogP contribution in [-0.2, 0) is 11.3 Å². The molecule has 0 aliphatic heterocycles. The van der Waals surface area contributed by atoms with E-state index < -0.39 is 6.10 Å². The van der Waals surface area contributed by atoms with E-state index in [4.69, 9.17) is 9.15 Å². The Balaban J connectivity index is 2.23. The van der Waals surface area contributed by atoms with Crippen molar-refractivity contribution < 1.29 is 19.1 Å². The van der Waals surface area contributed by atoms with Crippen molar-refractivity contribution in [2.75, 3.05) is 6.54 Å². The van der Waals surface area contributed by atoms with E-state index in [2.05, 4.69) is 5.32 Å². The molecule has 2 aromatic rings. The number of furan rings is 1. The molecule has 5 heteroatoms. The van der Waals surface area contributed by atoms with E-state index in [0.29, 0.717) is 25.2 Å². The number of hydrogen-bond donors (Lipinski definition) is 2. The smallest absolute Gasteiger partial charge is 0.287 e. The number of amides is 1. The van der Waals surface area contributed by atoms with Crippen LogP contribution in [0.1, 0.15) is 43.3 Å². The van der Waals surface area contributed by atoms with Crippen molar-refractivity contribution in [2.24, 2.45) is 0 Å². The monoisotopic (exact) mass is 305 g/mol. The maximum Gasteiger partial charge on any atom is 0.287 e. The standard InChI is InChI=1S/C17H23NO4/c1-11(2)21-10-14-13-6-4-5-7-15(13)22-16(14)17(20)18-9-8-12(3)19/h4-7,11-12,19H,8-10H2,1-3H3,(H,18,20). The lowest BCUT2D eigenvalue weighted by Gasteiger charge is -2.09. The van der Waals surface area contributed by atoms with Crippen LogP contribution in [0.3, 0.4) is 0 Å². The number of para-hydroxylation sites is 1. The van der Waals surface area contributed by atoms with Gasteiger partial charge in [-0.15, -0.1) is 0 Å². The molecule has 0 aliphatic carbocycles. The van der Waals surface area contributed by atoms with Gasteiger partial charge in [-0.3, -0.25) is 4.79 Å². The van der Waals surface area contributed by atoms with Gasteiger partial charge in [0.05, 0.1) is 18.8 Å². The highest BCUT2D eigenvalue weighted by Gasteiger charge is 2.20. The number of aliphatic hydroxyl groups excluding tert-OH is 1. The molecule has 2 rings (SSSR count). The van der Waals surface area contributed by atoms with Crippen LogP contribution >= 0.6 is 0 Å². The van der Waals surface area contributed by atoms with Gasteiger partial charge in [0, 0.05) is 17.5 Å². The molecular weight excluding hydrogens is 282 g/mol. The summed E-state index contributed by atoms with van der Waals surface area (Å²) in [4.78, 5) is 12.3. The number of carbonyl (C=O) groups is 1. The fourth-order valence-corrected chi connectivity index (χ4v) is 2.15. The molecule has 5 nitrogen and oxygen atoms in total. The summed E-state index contributed by atoms with van der Waals surface area (Å²) in [7, 11) is 0. The molecule has 1 atom stereocenters. The highest BCUT2D eigenvalue weighted by atomic mass is 16.5. The molecule has 2 N–H and O–H groups in total. The molecule has 1 aromatic heterocycles. The number of carbonyl (C=O) groups excluding carboxylic acids is 1. The maximum absolute atomic E-state index is 12.3. The molecule has 0 fully saturated rings. The van der Waals surface area contributed by atoms with Gasteiger partial charge in [-0.2, -0.15) is 0 Å². The molecule has 22 heavy (non-hydrogen) atoms. The molecule has 120 valence electrons. The van der Waals surface area contributed by atoms with Crippen molar-refractivity contribution in [2.45, 2.75) is 46.0 Å². The average Bonchev–Trinajstić information content (AvgIpc) is 2.83. The second-order valence-electron chi connectivity index (χ2n) is 5.66. The summed E-state index contributed by atoms with van der Waals surface area (Å²) in [5.41, 5.74) is 1.43. The van der Waals surface area contributed by atoms with Crippen molar-refractivity contribution in [3.63, 3.8) is 0 Å². The number of rotatable bonds is 7. The maximum atomic E-state index is 12.3. The molecule has 0 saturated carbocycles. The Morgan fingerprint density at radius 3 is 2.73 bits per heavy atom. The quantitative estimate of drug-likeness (QED) is 0.825. The van der Waals surface area contributed by atoms with Gasteiger partial charge in [0.25, 0.3) is 5.91 Å². The molecule has 0 saturated heterocycles. The summed E-state index contributed by atoms with van der Waals surface area (Å²) in [6.45, 7) is 6.32. The molecule has 0 aliphatic rings. The molecule has 0 spiro atoms. The van der Waals surface area contributed by atoms with E-state index in [1.807, 2.05) is 38.1 Å². The zero-order chi connectivity index (χ0) is 16.1. The Kier molecular flexibility index (Phi) is 5.57. The third kappa shape index (κ3) is 4.08. The summed E-state index contributed by atoms with van der Waals surface area (Å²) in [6, 6.07) is 7.53. The summed E-state index contributed by atoms with van der Waals surface area (Å²) >= 11 is 0. The number of benzene rings is 1. The number of aliphatic hydroxyl groups is 1. The Morgan fingerprint density at radius 2 is 2.05 bits per heavy atom. The van der Waals surface area contributed by atoms with Crippen molar-refractivity contribution >= 4 is 16.9 Å². The van der Waals surface area contributed by atoms with E-state index >= 15 is 0 Å². The predicted molar refractivity (Wildman–Crippen MR) is 84.8 cm³/mol. The van der Waals surface area contributed by atoms with E-state index in [0.717, 1.165) is 10.9 Å². The van der Waals surface area contributed by atoms with Crippen LogP contribution in [0.25, 0.3) is 11.0 Å². The van der Waals surface area contributed by atoms with E-state index in [1.165, 1.54) is 0 Å². The SMILES string of the molecule is CC(O)CCNC(=O)c1oc2ccccc2c1COC(C)C. The van der Waals surface area contributed by atoms with Gasteiger partial charge < -0.3 is 19.6 Å². The zero-order valence-electron chi connectivity index (χ0n) is 13.3. The molecule has 0 bridgehead atoms. The topological polar surface area (TPSA) is 71.7 Å². The number of fused-ring (bicyclic) bond motifs is 1. The number of ether oxygens (including phenoxy) is 1. The minimum Gasteiger partial charge on any atom is -0.451 e. The van der Waals surface area contributed by atoms with E-state index in [9.17, 15) is 9.90 Å². The van der Waals surface area contributed by atoms with Gasteiger partial charge in [0.1, 0.15) is 5.58 Å². The number of hydrogen-bond acceptors (Lipinski definition) is 4. The van der Waals surface area contributed by atoms with Gasteiger partial charge >= 0.3 is 0 Å². The Labute approximate surface area is 130 Å². The highest BCUT2D eigenvalue weighted by Crippen LogP contribution is 2.27. The largest absolute Gasteiger partial charge is 0.451 e. The van der Waals surface area contributed by atoms with Crippen molar-refractivity contribution in [1.82, 2.24) is 5.32 Å². The van der Waals surface area contributed by atoms with Crippen LogP contribution in [0.5, 0.6) is 0 Å². The molecule has 1 amide bonds. The van der Waals surface area contributed by atoms with Crippen molar-refractivity contribution in [3.05, 3.63) is 35.6 Å². The van der Waals surface area contributed by atoms with Crippen LogP contribution < -0.4 is 5.32 Å². The molecule has 0 radical (unpaired) electrons. The minimum absolute atomic E-state index is 0.0693. The van der Waals surface area contributed by atoms with Gasteiger partial charge in [-0.1, -0.05) is 18.2 Å². The second-order valence-corrected chi connectivity index (χ2v) is 5.66. The fraction of sp³-hybridized carbons (Fsp3) is 0.471. The molecule has 1 aromatic carbocycles. The van der Waals surface area contributed by atoms with E-state index in [1.54, 1.807) is 6.92 Å². The van der Waals surface area contributed by atoms with Crippen LogP contribution in [0, 0.1) is 0 Å². The van der Waals surface area contributed by atoms with Crippen LogP contribution in [0.4, 0.5) is 0 Å². The van der Waals surface area contributed by atoms with E-state index in [-0.39, 0.29) is 17.8 Å². The highest BCUT2D eigenvalue weighted by molar-refractivity contribution is 5.99. The summed E-state index contributed by atoms with van der Waals surface area (Å²) in [5.74, 6) is 0.00616. The third-order valence-electron chi connectivity index (χ3n) is 3.31. The lowest BCUT2D eigenvalue weighted by Crippen LogP contribution is -2.27. The minimum atomic E-state index is -0.445. The Bertz CT molecular complexity index is 631. The average molecular weight is 305 g/mol. The first-order valence-electron chi connectivity index (χ1n) is 7.57. The summed E-state index contributed by atoms with van der Waals surface area (Å²) < 4.78 is 11.3. The predicted octanol–water partition coefficient (Wildman–Crippen LogP) is 2.86. The molecule has 1 unspecified atom stereocenters. The Morgan fingerprint density at radius 1 is 1.32 bits per heavy atom. The fourth-order valence-electron chi connectivity index (χ4n) is 2.15. The van der Waals surface area contributed by atoms with Gasteiger partial charge in [0.2, 0.25) is 0 Å². The summed E-state index contributed by atoms with van der Waals surface area (Å²) in [6.07, 6.45) is 0.128. The lowest BCUT2D eigenvalue weighted by atomic mass is 10.1. The number of nitrogens with one attached hydrogen (secondary N) is 1. The third-order valence-corrected chi connectivity index (χ3v) is 3.31. The van der Waals surface area contributed by atoms with Crippen LogP contribution in [-0.4, -0.2) is 29.8 Å². The first-order valence-corrected chi connectivity index (χ1v) is 7.57. The Hall–Kier alpha value is -1.85. The van der Waals surface area contributed by atoms with Crippen molar-refractivity contribution in [1.29, 1.82) is 0 Å². The molecular formula is C17H23NO4. The van der Waals surface area contributed by atoms with Crippen LogP contribution in [0.15, 0.2) is 28.7 Å².